The highest BCUT2D eigenvalue weighted by atomic mass is 32.2. The lowest BCUT2D eigenvalue weighted by molar-refractivity contribution is -0.125. The fraction of sp³-hybridized carbons (Fsp3) is 0.333. The second-order valence-corrected chi connectivity index (χ2v) is 9.21. The van der Waals surface area contributed by atoms with Crippen LogP contribution in [0.4, 0.5) is 0 Å². The number of carbonyl (C=O) groups is 2. The third-order valence-electron chi connectivity index (χ3n) is 3.27. The van der Waals surface area contributed by atoms with E-state index in [0.29, 0.717) is 6.42 Å². The second kappa shape index (κ2) is 10.5. The maximum absolute atomic E-state index is 12.2. The molecule has 0 radical (unpaired) electrons. The molecule has 1 aromatic carbocycles. The number of amides is 1. The largest absolute Gasteiger partial charge is 0.345 e. The molecule has 138 valence electrons. The molecule has 1 heterocycles. The number of nitrogens with one attached hydrogen (secondary N) is 1. The van der Waals surface area contributed by atoms with Crippen LogP contribution in [0.5, 0.6) is 0 Å². The normalized spacial score (nSPS) is 11.8. The SMILES string of the molecule is C=C(C)CSc1nnc(SCC(=O)N[C@@H](Cc2ccccc2)C(C)=O)s1. The summed E-state index contributed by atoms with van der Waals surface area (Å²) in [5.41, 5.74) is 2.09. The fourth-order valence-electron chi connectivity index (χ4n) is 2.01. The van der Waals surface area contributed by atoms with Gasteiger partial charge in [0.2, 0.25) is 5.91 Å². The van der Waals surface area contributed by atoms with Gasteiger partial charge in [-0.25, -0.2) is 0 Å². The van der Waals surface area contributed by atoms with Gasteiger partial charge in [0.15, 0.2) is 14.5 Å². The van der Waals surface area contributed by atoms with Gasteiger partial charge in [0.1, 0.15) is 0 Å². The van der Waals surface area contributed by atoms with Crippen molar-refractivity contribution in [3.05, 3.63) is 48.0 Å². The number of carbonyl (C=O) groups excluding carboxylic acids is 2. The van der Waals surface area contributed by atoms with E-state index >= 15 is 0 Å². The summed E-state index contributed by atoms with van der Waals surface area (Å²) < 4.78 is 1.60. The third-order valence-corrected chi connectivity index (χ3v) is 6.69. The summed E-state index contributed by atoms with van der Waals surface area (Å²) in [6.45, 7) is 7.32. The van der Waals surface area contributed by atoms with E-state index in [-0.39, 0.29) is 17.4 Å². The van der Waals surface area contributed by atoms with Gasteiger partial charge >= 0.3 is 0 Å². The Morgan fingerprint density at radius 2 is 1.73 bits per heavy atom. The van der Waals surface area contributed by atoms with Crippen LogP contribution in [0.1, 0.15) is 19.4 Å². The molecule has 0 fully saturated rings. The lowest BCUT2D eigenvalue weighted by Crippen LogP contribution is -2.42. The summed E-state index contributed by atoms with van der Waals surface area (Å²) in [4.78, 5) is 24.0. The van der Waals surface area contributed by atoms with Crippen LogP contribution in [0.15, 0.2) is 51.2 Å². The Bertz CT molecular complexity index is 762. The fourth-order valence-corrected chi connectivity index (χ4v) is 4.68. The first kappa shape index (κ1) is 20.7. The van der Waals surface area contributed by atoms with Crippen LogP contribution in [-0.4, -0.2) is 39.4 Å². The first-order valence-electron chi connectivity index (χ1n) is 8.01. The predicted molar refractivity (Wildman–Crippen MR) is 109 cm³/mol. The van der Waals surface area contributed by atoms with Crippen molar-refractivity contribution in [2.75, 3.05) is 11.5 Å². The Hall–Kier alpha value is -1.64. The average molecular weight is 408 g/mol. The van der Waals surface area contributed by atoms with Gasteiger partial charge in [-0.2, -0.15) is 0 Å². The average Bonchev–Trinajstić information content (AvgIpc) is 3.06. The Balaban J connectivity index is 1.82. The number of Topliss-reactive ketones (excluding diaryl/α,β-unsaturated/α-hetero) is 1. The Kier molecular flexibility index (Phi) is 8.34. The van der Waals surface area contributed by atoms with Crippen molar-refractivity contribution in [3.8, 4) is 0 Å². The molecule has 0 aliphatic heterocycles. The van der Waals surface area contributed by atoms with Crippen LogP contribution >= 0.6 is 34.9 Å². The highest BCUT2D eigenvalue weighted by molar-refractivity contribution is 8.03. The van der Waals surface area contributed by atoms with Crippen molar-refractivity contribution < 1.29 is 9.59 Å². The van der Waals surface area contributed by atoms with E-state index in [1.54, 1.807) is 11.8 Å². The maximum Gasteiger partial charge on any atom is 0.231 e. The molecule has 2 rings (SSSR count). The molecular formula is C18H21N3O2S3. The van der Waals surface area contributed by atoms with E-state index in [1.807, 2.05) is 37.3 Å². The number of benzene rings is 1. The molecule has 26 heavy (non-hydrogen) atoms. The maximum atomic E-state index is 12.2. The molecule has 0 saturated carbocycles. The van der Waals surface area contributed by atoms with Gasteiger partial charge in [-0.3, -0.25) is 9.59 Å². The lowest BCUT2D eigenvalue weighted by atomic mass is 10.0. The number of aromatic nitrogens is 2. The molecule has 1 aromatic heterocycles. The molecule has 0 aliphatic rings. The zero-order valence-electron chi connectivity index (χ0n) is 14.7. The monoisotopic (exact) mass is 407 g/mol. The Labute approximate surface area is 166 Å². The highest BCUT2D eigenvalue weighted by Crippen LogP contribution is 2.29. The number of hydrogen-bond acceptors (Lipinski definition) is 7. The van der Waals surface area contributed by atoms with E-state index < -0.39 is 6.04 Å². The van der Waals surface area contributed by atoms with Crippen molar-refractivity contribution in [3.63, 3.8) is 0 Å². The van der Waals surface area contributed by atoms with Gasteiger partial charge in [-0.1, -0.05) is 77.3 Å². The van der Waals surface area contributed by atoms with Crippen LogP contribution in [0.25, 0.3) is 0 Å². The zero-order chi connectivity index (χ0) is 18.9. The van der Waals surface area contributed by atoms with E-state index in [9.17, 15) is 9.59 Å². The molecule has 1 amide bonds. The first-order chi connectivity index (χ1) is 12.4. The topological polar surface area (TPSA) is 72.0 Å². The van der Waals surface area contributed by atoms with Gasteiger partial charge in [0.25, 0.3) is 0 Å². The number of ketones is 1. The van der Waals surface area contributed by atoms with Gasteiger partial charge < -0.3 is 5.32 Å². The first-order valence-corrected chi connectivity index (χ1v) is 10.8. The van der Waals surface area contributed by atoms with Crippen LogP contribution in [0, 0.1) is 0 Å². The molecule has 5 nitrogen and oxygen atoms in total. The number of rotatable bonds is 10. The molecular weight excluding hydrogens is 386 g/mol. The second-order valence-electron chi connectivity index (χ2n) is 5.79. The molecule has 8 heteroatoms. The van der Waals surface area contributed by atoms with Gasteiger partial charge in [-0.15, -0.1) is 10.2 Å². The highest BCUT2D eigenvalue weighted by Gasteiger charge is 2.18. The minimum atomic E-state index is -0.512. The van der Waals surface area contributed by atoms with Crippen molar-refractivity contribution in [2.45, 2.75) is 35.0 Å². The summed E-state index contributed by atoms with van der Waals surface area (Å²) in [5.74, 6) is 0.775. The van der Waals surface area contributed by atoms with Crippen LogP contribution in [0.2, 0.25) is 0 Å². The quantitative estimate of drug-likeness (QED) is 0.479. The Morgan fingerprint density at radius 3 is 2.31 bits per heavy atom. The molecule has 2 aromatic rings. The van der Waals surface area contributed by atoms with Crippen LogP contribution in [-0.2, 0) is 16.0 Å². The summed E-state index contributed by atoms with van der Waals surface area (Å²) in [7, 11) is 0. The summed E-state index contributed by atoms with van der Waals surface area (Å²) in [6, 6.07) is 9.14. The van der Waals surface area contributed by atoms with Crippen LogP contribution < -0.4 is 5.32 Å². The van der Waals surface area contributed by atoms with Gasteiger partial charge in [0, 0.05) is 5.75 Å². The minimum absolute atomic E-state index is 0.0541. The molecule has 0 bridgehead atoms. The van der Waals surface area contributed by atoms with Crippen molar-refractivity contribution >= 4 is 46.6 Å². The molecule has 1 N–H and O–H groups in total. The smallest absolute Gasteiger partial charge is 0.231 e. The molecule has 1 atom stereocenters. The standard InChI is InChI=1S/C18H21N3O2S3/c1-12(2)10-24-17-20-21-18(26-17)25-11-16(23)19-15(13(3)22)9-14-7-5-4-6-8-14/h4-8,15H,1,9-11H2,2-3H3,(H,19,23)/t15-/m0/s1. The van der Waals surface area contributed by atoms with E-state index in [1.165, 1.54) is 30.0 Å². The van der Waals surface area contributed by atoms with E-state index in [2.05, 4.69) is 22.1 Å². The third kappa shape index (κ3) is 7.31. The molecule has 0 unspecified atom stereocenters. The summed E-state index contributed by atoms with van der Waals surface area (Å²) >= 11 is 4.38. The zero-order valence-corrected chi connectivity index (χ0v) is 17.2. The van der Waals surface area contributed by atoms with Crippen molar-refractivity contribution in [1.29, 1.82) is 0 Å². The van der Waals surface area contributed by atoms with Gasteiger partial charge in [0.05, 0.1) is 11.8 Å². The van der Waals surface area contributed by atoms with Gasteiger partial charge in [-0.05, 0) is 25.8 Å². The van der Waals surface area contributed by atoms with Crippen LogP contribution in [0.3, 0.4) is 0 Å². The number of thioether (sulfide) groups is 2. The lowest BCUT2D eigenvalue weighted by Gasteiger charge is -2.15. The summed E-state index contributed by atoms with van der Waals surface area (Å²) in [5, 5.41) is 11.0. The number of hydrogen-bond donors (Lipinski definition) is 1. The Morgan fingerprint density at radius 1 is 1.12 bits per heavy atom. The number of nitrogens with zero attached hydrogens (tertiary/aromatic N) is 2. The van der Waals surface area contributed by atoms with E-state index in [0.717, 1.165) is 25.6 Å². The molecule has 0 saturated heterocycles. The molecule has 0 aliphatic carbocycles. The summed E-state index contributed by atoms with van der Waals surface area (Å²) in [6.07, 6.45) is 0.493. The van der Waals surface area contributed by atoms with E-state index in [4.69, 9.17) is 0 Å². The molecule has 0 spiro atoms. The van der Waals surface area contributed by atoms with Crippen molar-refractivity contribution in [2.24, 2.45) is 0 Å². The minimum Gasteiger partial charge on any atom is -0.345 e. The predicted octanol–water partition coefficient (Wildman–Crippen LogP) is 3.61. The van der Waals surface area contributed by atoms with Crippen molar-refractivity contribution in [1.82, 2.24) is 15.5 Å².